The summed E-state index contributed by atoms with van der Waals surface area (Å²) in [5.74, 6) is -0.725. The van der Waals surface area contributed by atoms with Gasteiger partial charge in [-0.05, 0) is 42.4 Å². The quantitative estimate of drug-likeness (QED) is 0.391. The highest BCUT2D eigenvalue weighted by molar-refractivity contribution is 7.91. The average Bonchev–Trinajstić information content (AvgIpc) is 3.44. The van der Waals surface area contributed by atoms with E-state index >= 15 is 0 Å². The molecule has 1 saturated carbocycles. The zero-order valence-corrected chi connectivity index (χ0v) is 17.8. The van der Waals surface area contributed by atoms with Crippen LogP contribution in [0.4, 0.5) is 9.18 Å². The van der Waals surface area contributed by atoms with Crippen molar-refractivity contribution < 1.29 is 31.9 Å². The summed E-state index contributed by atoms with van der Waals surface area (Å²) in [6.45, 7) is 2.61. The third-order valence-corrected chi connectivity index (χ3v) is 6.91. The molecule has 1 saturated heterocycles. The molecule has 0 aromatic heterocycles. The van der Waals surface area contributed by atoms with Gasteiger partial charge in [0.15, 0.2) is 21.4 Å². The predicted molar refractivity (Wildman–Crippen MR) is 108 cm³/mol. The Bertz CT molecular complexity index is 887. The van der Waals surface area contributed by atoms with Crippen LogP contribution in [0.25, 0.3) is 0 Å². The Morgan fingerprint density at radius 2 is 2.03 bits per heavy atom. The van der Waals surface area contributed by atoms with Crippen LogP contribution in [0.15, 0.2) is 18.2 Å². The topological polar surface area (TPSA) is 102 Å². The number of amides is 3. The van der Waals surface area contributed by atoms with Gasteiger partial charge in [0.25, 0.3) is 0 Å². The number of nitrogens with one attached hydrogen (secondary N) is 1. The Kier molecular flexibility index (Phi) is 7.30. The predicted octanol–water partition coefficient (Wildman–Crippen LogP) is 1.70. The van der Waals surface area contributed by atoms with Crippen LogP contribution in [0.5, 0.6) is 5.75 Å². The van der Waals surface area contributed by atoms with Gasteiger partial charge in [0, 0.05) is 6.54 Å². The molecule has 1 atom stereocenters. The molecule has 0 bridgehead atoms. The Labute approximate surface area is 175 Å². The molecule has 0 spiro atoms. The normalized spacial score (nSPS) is 17.9. The smallest absolute Gasteiger partial charge is 0.324 e. The van der Waals surface area contributed by atoms with E-state index in [9.17, 15) is 22.4 Å². The van der Waals surface area contributed by atoms with Crippen LogP contribution in [-0.4, -0.2) is 69.7 Å². The summed E-state index contributed by atoms with van der Waals surface area (Å²) in [7, 11) is -3.39. The van der Waals surface area contributed by atoms with Crippen LogP contribution < -0.4 is 10.1 Å². The van der Waals surface area contributed by atoms with Crippen molar-refractivity contribution in [1.82, 2.24) is 10.2 Å². The second-order valence-corrected chi connectivity index (χ2v) is 10.1. The van der Waals surface area contributed by atoms with Crippen molar-refractivity contribution in [3.05, 3.63) is 29.6 Å². The van der Waals surface area contributed by atoms with Crippen LogP contribution >= 0.6 is 0 Å². The lowest BCUT2D eigenvalue weighted by molar-refractivity contribution is -0.118. The van der Waals surface area contributed by atoms with E-state index in [1.165, 1.54) is 11.0 Å². The van der Waals surface area contributed by atoms with Gasteiger partial charge in [-0.3, -0.25) is 10.1 Å². The van der Waals surface area contributed by atoms with Gasteiger partial charge >= 0.3 is 6.03 Å². The molecular weight excluding hydrogens is 415 g/mol. The molecule has 3 amide bonds. The maximum Gasteiger partial charge on any atom is 0.324 e. The zero-order chi connectivity index (χ0) is 21.7. The van der Waals surface area contributed by atoms with Crippen molar-refractivity contribution in [3.63, 3.8) is 0 Å². The Hall–Kier alpha value is -2.20. The van der Waals surface area contributed by atoms with Crippen molar-refractivity contribution in [2.45, 2.75) is 25.7 Å². The Morgan fingerprint density at radius 1 is 1.27 bits per heavy atom. The molecule has 1 aromatic rings. The zero-order valence-electron chi connectivity index (χ0n) is 16.9. The molecule has 0 unspecified atom stereocenters. The first-order valence-corrected chi connectivity index (χ1v) is 11.8. The summed E-state index contributed by atoms with van der Waals surface area (Å²) in [4.78, 5) is 23.8. The fourth-order valence-corrected chi connectivity index (χ4v) is 4.61. The molecule has 0 radical (unpaired) electrons. The van der Waals surface area contributed by atoms with Crippen LogP contribution in [-0.2, 0) is 19.4 Å². The van der Waals surface area contributed by atoms with Crippen LogP contribution in [0.2, 0.25) is 0 Å². The minimum atomic E-state index is -3.39. The summed E-state index contributed by atoms with van der Waals surface area (Å²) in [6.07, 6.45) is 2.20. The fraction of sp³-hybridized carbons (Fsp3) is 0.600. The molecule has 2 fully saturated rings. The van der Waals surface area contributed by atoms with Gasteiger partial charge in [-0.2, -0.15) is 0 Å². The van der Waals surface area contributed by atoms with E-state index < -0.39 is 21.7 Å². The van der Waals surface area contributed by atoms with Gasteiger partial charge in [-0.1, -0.05) is 13.0 Å². The lowest BCUT2D eigenvalue weighted by atomic mass is 10.0. The number of hydrogen-bond acceptors (Lipinski definition) is 6. The summed E-state index contributed by atoms with van der Waals surface area (Å²) in [5, 5.41) is 2.16. The van der Waals surface area contributed by atoms with Gasteiger partial charge < -0.3 is 14.4 Å². The van der Waals surface area contributed by atoms with E-state index in [-0.39, 0.29) is 55.4 Å². The molecule has 1 aromatic carbocycles. The van der Waals surface area contributed by atoms with E-state index in [4.69, 9.17) is 9.47 Å². The number of carbonyl (C=O) groups excluding carboxylic acids is 2. The van der Waals surface area contributed by atoms with Crippen LogP contribution in [0.1, 0.15) is 31.2 Å². The first-order chi connectivity index (χ1) is 14.2. The largest absolute Gasteiger partial charge is 0.490 e. The number of carbonyl (C=O) groups is 2. The van der Waals surface area contributed by atoms with Gasteiger partial charge in [-0.25, -0.2) is 17.6 Å². The molecule has 1 heterocycles. The SMILES string of the molecule is C[C@@H](CS(=O)(=O)CCOCCN1CC(=O)NC1=O)c1ccc(F)c(OCC2CC2)c1. The van der Waals surface area contributed by atoms with Crippen molar-refractivity contribution >= 4 is 21.8 Å². The molecular formula is C20H27FN2O6S. The molecule has 10 heteroatoms. The highest BCUT2D eigenvalue weighted by Gasteiger charge is 2.26. The molecule has 30 heavy (non-hydrogen) atoms. The minimum absolute atomic E-state index is 0.00235. The molecule has 8 nitrogen and oxygen atoms in total. The standard InChI is InChI=1S/C20H27FN2O6S/c1-14(16-4-5-17(21)18(10-16)29-12-15-2-3-15)13-30(26,27)9-8-28-7-6-23-11-19(24)22-20(23)25/h4-5,10,14-15H,2-3,6-9,11-13H2,1H3,(H,22,24,25)/t14-/m0/s1. The number of sulfone groups is 1. The number of ether oxygens (including phenoxy) is 2. The Morgan fingerprint density at radius 3 is 2.70 bits per heavy atom. The highest BCUT2D eigenvalue weighted by atomic mass is 32.2. The van der Waals surface area contributed by atoms with E-state index in [0.29, 0.717) is 18.1 Å². The third-order valence-electron chi connectivity index (χ3n) is 5.11. The number of hydrogen-bond donors (Lipinski definition) is 1. The number of urea groups is 1. The summed E-state index contributed by atoms with van der Waals surface area (Å²) < 4.78 is 49.6. The number of imide groups is 1. The lowest BCUT2D eigenvalue weighted by Gasteiger charge is -2.15. The average molecular weight is 443 g/mol. The molecule has 1 aliphatic carbocycles. The second-order valence-electron chi connectivity index (χ2n) is 7.85. The first-order valence-electron chi connectivity index (χ1n) is 10.0. The van der Waals surface area contributed by atoms with Crippen molar-refractivity contribution in [2.75, 3.05) is 44.4 Å². The minimum Gasteiger partial charge on any atom is -0.490 e. The first kappa shape index (κ1) is 22.5. The van der Waals surface area contributed by atoms with Gasteiger partial charge in [0.05, 0.1) is 31.3 Å². The van der Waals surface area contributed by atoms with Gasteiger partial charge in [-0.15, -0.1) is 0 Å². The second kappa shape index (κ2) is 9.74. The summed E-state index contributed by atoms with van der Waals surface area (Å²) >= 11 is 0. The third kappa shape index (κ3) is 6.66. The monoisotopic (exact) mass is 442 g/mol. The van der Waals surface area contributed by atoms with Crippen LogP contribution in [0.3, 0.4) is 0 Å². The molecule has 2 aliphatic rings. The Balaban J connectivity index is 1.42. The fourth-order valence-electron chi connectivity index (χ4n) is 3.12. The van der Waals surface area contributed by atoms with E-state index in [1.807, 2.05) is 0 Å². The maximum atomic E-state index is 13.9. The van der Waals surface area contributed by atoms with Crippen molar-refractivity contribution in [2.24, 2.45) is 5.92 Å². The number of nitrogens with zero attached hydrogens (tertiary/aromatic N) is 1. The summed E-state index contributed by atoms with van der Waals surface area (Å²) in [5.41, 5.74) is 0.705. The van der Waals surface area contributed by atoms with Crippen LogP contribution in [0, 0.1) is 11.7 Å². The maximum absolute atomic E-state index is 13.9. The van der Waals surface area contributed by atoms with Crippen molar-refractivity contribution in [3.8, 4) is 5.75 Å². The van der Waals surface area contributed by atoms with E-state index in [2.05, 4.69) is 5.32 Å². The molecule has 3 rings (SSSR count). The van der Waals surface area contributed by atoms with E-state index in [0.717, 1.165) is 12.8 Å². The number of halogens is 1. The number of benzene rings is 1. The van der Waals surface area contributed by atoms with Gasteiger partial charge in [0.2, 0.25) is 5.91 Å². The van der Waals surface area contributed by atoms with Crippen molar-refractivity contribution in [1.29, 1.82) is 0 Å². The highest BCUT2D eigenvalue weighted by Crippen LogP contribution is 2.31. The van der Waals surface area contributed by atoms with E-state index in [1.54, 1.807) is 19.1 Å². The summed E-state index contributed by atoms with van der Waals surface area (Å²) in [6, 6.07) is 4.00. The van der Waals surface area contributed by atoms with Gasteiger partial charge in [0.1, 0.15) is 6.54 Å². The molecule has 1 aliphatic heterocycles. The number of rotatable bonds is 12. The lowest BCUT2D eigenvalue weighted by Crippen LogP contribution is -2.31. The molecule has 1 N–H and O–H groups in total. The molecule has 166 valence electrons.